The molecule has 0 saturated carbocycles. The van der Waals surface area contributed by atoms with Crippen molar-refractivity contribution < 1.29 is 8.42 Å². The summed E-state index contributed by atoms with van der Waals surface area (Å²) in [7, 11) is -3.39. The number of nitrogen functional groups attached to an aromatic ring is 1. The fourth-order valence-electron chi connectivity index (χ4n) is 2.51. The minimum absolute atomic E-state index is 0.130. The molecule has 1 fully saturated rings. The SMILES string of the molecule is CCC1CCCCN1S(=O)(=O)c1cccc(N)c1. The molecule has 0 aromatic heterocycles. The molecule has 1 aromatic carbocycles. The minimum Gasteiger partial charge on any atom is -0.399 e. The van der Waals surface area contributed by atoms with Crippen LogP contribution in [0.1, 0.15) is 32.6 Å². The first kappa shape index (κ1) is 13.4. The van der Waals surface area contributed by atoms with Crippen LogP contribution in [0.3, 0.4) is 0 Å². The molecule has 1 atom stereocenters. The first-order valence-corrected chi connectivity index (χ1v) is 7.87. The van der Waals surface area contributed by atoms with Gasteiger partial charge in [-0.1, -0.05) is 19.4 Å². The van der Waals surface area contributed by atoms with Crippen molar-refractivity contribution in [1.29, 1.82) is 0 Å². The van der Waals surface area contributed by atoms with Gasteiger partial charge < -0.3 is 5.73 Å². The summed E-state index contributed by atoms with van der Waals surface area (Å²) in [5.41, 5.74) is 6.16. The van der Waals surface area contributed by atoms with E-state index in [0.717, 1.165) is 25.7 Å². The molecule has 0 bridgehead atoms. The summed E-state index contributed by atoms with van der Waals surface area (Å²) in [4.78, 5) is 0.308. The van der Waals surface area contributed by atoms with Crippen LogP contribution in [-0.2, 0) is 10.0 Å². The van der Waals surface area contributed by atoms with Gasteiger partial charge in [-0.25, -0.2) is 8.42 Å². The molecule has 1 saturated heterocycles. The molecular formula is C13H20N2O2S. The average Bonchev–Trinajstić information content (AvgIpc) is 2.38. The number of piperidine rings is 1. The summed E-state index contributed by atoms with van der Waals surface area (Å²) < 4.78 is 26.8. The van der Waals surface area contributed by atoms with Crippen molar-refractivity contribution in [3.8, 4) is 0 Å². The van der Waals surface area contributed by atoms with E-state index in [9.17, 15) is 8.42 Å². The Morgan fingerprint density at radius 2 is 2.17 bits per heavy atom. The lowest BCUT2D eigenvalue weighted by Crippen LogP contribution is -2.43. The van der Waals surface area contributed by atoms with E-state index in [4.69, 9.17) is 5.73 Å². The van der Waals surface area contributed by atoms with Crippen molar-refractivity contribution in [2.75, 3.05) is 12.3 Å². The Morgan fingerprint density at radius 3 is 2.83 bits per heavy atom. The van der Waals surface area contributed by atoms with Gasteiger partial charge in [0.1, 0.15) is 0 Å². The Labute approximate surface area is 109 Å². The van der Waals surface area contributed by atoms with E-state index >= 15 is 0 Å². The highest BCUT2D eigenvalue weighted by Crippen LogP contribution is 2.27. The number of nitrogens with two attached hydrogens (primary N) is 1. The summed E-state index contributed by atoms with van der Waals surface area (Å²) in [6, 6.07) is 6.67. The Hall–Kier alpha value is -1.07. The molecule has 4 nitrogen and oxygen atoms in total. The molecule has 0 spiro atoms. The zero-order valence-corrected chi connectivity index (χ0v) is 11.5. The van der Waals surface area contributed by atoms with Crippen LogP contribution >= 0.6 is 0 Å². The third-order valence-corrected chi connectivity index (χ3v) is 5.46. The number of hydrogen-bond donors (Lipinski definition) is 1. The second-order valence-corrected chi connectivity index (χ2v) is 6.64. The summed E-state index contributed by atoms with van der Waals surface area (Å²) in [6.45, 7) is 2.66. The Morgan fingerprint density at radius 1 is 1.39 bits per heavy atom. The highest BCUT2D eigenvalue weighted by atomic mass is 32.2. The van der Waals surface area contributed by atoms with Gasteiger partial charge in [-0.05, 0) is 37.5 Å². The van der Waals surface area contributed by atoms with Crippen molar-refractivity contribution in [3.63, 3.8) is 0 Å². The van der Waals surface area contributed by atoms with Crippen LogP contribution in [-0.4, -0.2) is 25.3 Å². The van der Waals surface area contributed by atoms with Gasteiger partial charge in [-0.3, -0.25) is 0 Å². The van der Waals surface area contributed by atoms with Crippen LogP contribution < -0.4 is 5.73 Å². The smallest absolute Gasteiger partial charge is 0.243 e. The Bertz CT molecular complexity index is 513. The van der Waals surface area contributed by atoms with E-state index in [-0.39, 0.29) is 6.04 Å². The van der Waals surface area contributed by atoms with Gasteiger partial charge in [0, 0.05) is 18.3 Å². The monoisotopic (exact) mass is 268 g/mol. The maximum absolute atomic E-state index is 12.6. The van der Waals surface area contributed by atoms with Gasteiger partial charge in [0.05, 0.1) is 4.90 Å². The largest absolute Gasteiger partial charge is 0.399 e. The predicted molar refractivity (Wildman–Crippen MR) is 72.7 cm³/mol. The maximum Gasteiger partial charge on any atom is 0.243 e. The van der Waals surface area contributed by atoms with Gasteiger partial charge >= 0.3 is 0 Å². The zero-order chi connectivity index (χ0) is 13.2. The molecule has 1 aliphatic heterocycles. The number of anilines is 1. The average molecular weight is 268 g/mol. The number of sulfonamides is 1. The summed E-state index contributed by atoms with van der Waals surface area (Å²) >= 11 is 0. The summed E-state index contributed by atoms with van der Waals surface area (Å²) in [5, 5.41) is 0. The second-order valence-electron chi connectivity index (χ2n) is 4.75. The van der Waals surface area contributed by atoms with Gasteiger partial charge in [-0.15, -0.1) is 0 Å². The van der Waals surface area contributed by atoms with Crippen LogP contribution in [0.25, 0.3) is 0 Å². The van der Waals surface area contributed by atoms with Gasteiger partial charge in [0.15, 0.2) is 0 Å². The summed E-state index contributed by atoms with van der Waals surface area (Å²) in [6.07, 6.45) is 3.87. The van der Waals surface area contributed by atoms with E-state index in [1.54, 1.807) is 22.5 Å². The molecule has 2 rings (SSSR count). The predicted octanol–water partition coefficient (Wildman–Crippen LogP) is 2.22. The highest BCUT2D eigenvalue weighted by Gasteiger charge is 2.32. The molecule has 18 heavy (non-hydrogen) atoms. The second kappa shape index (κ2) is 5.28. The Kier molecular flexibility index (Phi) is 3.92. The molecule has 1 heterocycles. The first-order chi connectivity index (χ1) is 8.55. The number of nitrogens with zero attached hydrogens (tertiary/aromatic N) is 1. The minimum atomic E-state index is -3.39. The maximum atomic E-state index is 12.6. The van der Waals surface area contributed by atoms with Crippen molar-refractivity contribution in [3.05, 3.63) is 24.3 Å². The van der Waals surface area contributed by atoms with Crippen LogP contribution in [0, 0.1) is 0 Å². The van der Waals surface area contributed by atoms with E-state index in [1.165, 1.54) is 6.07 Å². The lowest BCUT2D eigenvalue weighted by atomic mass is 10.0. The van der Waals surface area contributed by atoms with Crippen LogP contribution in [0.15, 0.2) is 29.2 Å². The lowest BCUT2D eigenvalue weighted by molar-refractivity contribution is 0.246. The van der Waals surface area contributed by atoms with Crippen LogP contribution in [0.4, 0.5) is 5.69 Å². The number of rotatable bonds is 3. The lowest BCUT2D eigenvalue weighted by Gasteiger charge is -2.34. The van der Waals surface area contributed by atoms with Crippen molar-refractivity contribution >= 4 is 15.7 Å². The molecule has 0 aliphatic carbocycles. The molecule has 0 radical (unpaired) electrons. The van der Waals surface area contributed by atoms with Gasteiger partial charge in [0.2, 0.25) is 10.0 Å². The molecular weight excluding hydrogens is 248 g/mol. The van der Waals surface area contributed by atoms with Gasteiger partial charge in [-0.2, -0.15) is 4.31 Å². The van der Waals surface area contributed by atoms with E-state index in [2.05, 4.69) is 0 Å². The third-order valence-electron chi connectivity index (χ3n) is 3.51. The highest BCUT2D eigenvalue weighted by molar-refractivity contribution is 7.89. The first-order valence-electron chi connectivity index (χ1n) is 6.43. The zero-order valence-electron chi connectivity index (χ0n) is 10.7. The molecule has 100 valence electrons. The standard InChI is InChI=1S/C13H20N2O2S/c1-2-12-7-3-4-9-15(12)18(16,17)13-8-5-6-11(14)10-13/h5-6,8,10,12H,2-4,7,9,14H2,1H3. The molecule has 5 heteroatoms. The van der Waals surface area contributed by atoms with E-state index in [1.807, 2.05) is 6.92 Å². The molecule has 1 aromatic rings. The molecule has 0 amide bonds. The van der Waals surface area contributed by atoms with Crippen molar-refractivity contribution in [2.45, 2.75) is 43.5 Å². The van der Waals surface area contributed by atoms with E-state index < -0.39 is 10.0 Å². The fraction of sp³-hybridized carbons (Fsp3) is 0.538. The molecule has 2 N–H and O–H groups in total. The number of benzene rings is 1. The van der Waals surface area contributed by atoms with Crippen LogP contribution in [0.5, 0.6) is 0 Å². The fourth-order valence-corrected chi connectivity index (χ4v) is 4.33. The summed E-state index contributed by atoms with van der Waals surface area (Å²) in [5.74, 6) is 0. The topological polar surface area (TPSA) is 63.4 Å². The molecule has 1 aliphatic rings. The quantitative estimate of drug-likeness (QED) is 0.855. The Balaban J connectivity index is 2.35. The van der Waals surface area contributed by atoms with Crippen molar-refractivity contribution in [1.82, 2.24) is 4.31 Å². The number of hydrogen-bond acceptors (Lipinski definition) is 3. The normalized spacial score (nSPS) is 21.9. The van der Waals surface area contributed by atoms with Gasteiger partial charge in [0.25, 0.3) is 0 Å². The third kappa shape index (κ3) is 2.52. The van der Waals surface area contributed by atoms with Crippen LogP contribution in [0.2, 0.25) is 0 Å². The molecule has 1 unspecified atom stereocenters. The van der Waals surface area contributed by atoms with Crippen molar-refractivity contribution in [2.24, 2.45) is 0 Å². The van der Waals surface area contributed by atoms with E-state index in [0.29, 0.717) is 17.1 Å².